The van der Waals surface area contributed by atoms with Crippen molar-refractivity contribution in [2.24, 2.45) is 0 Å². The summed E-state index contributed by atoms with van der Waals surface area (Å²) in [6.07, 6.45) is 4.13. The van der Waals surface area contributed by atoms with Crippen LogP contribution in [0.4, 0.5) is 0 Å². The first-order chi connectivity index (χ1) is 12.1. The molecule has 2 heterocycles. The highest BCUT2D eigenvalue weighted by Crippen LogP contribution is 2.24. The predicted molar refractivity (Wildman–Crippen MR) is 92.2 cm³/mol. The molecule has 3 aromatic rings. The van der Waals surface area contributed by atoms with Crippen LogP contribution in [-0.2, 0) is 30.7 Å². The van der Waals surface area contributed by atoms with Crippen molar-refractivity contribution >= 4 is 16.9 Å². The summed E-state index contributed by atoms with van der Waals surface area (Å²) in [7, 11) is 1.73. The summed E-state index contributed by atoms with van der Waals surface area (Å²) in [5.74, 6) is 0.814. The lowest BCUT2D eigenvalue weighted by Gasteiger charge is -2.17. The molecule has 25 heavy (non-hydrogen) atoms. The molecule has 0 fully saturated rings. The fourth-order valence-corrected chi connectivity index (χ4v) is 3.41. The van der Waals surface area contributed by atoms with E-state index in [0.29, 0.717) is 6.54 Å². The first-order valence-corrected chi connectivity index (χ1v) is 8.51. The lowest BCUT2D eigenvalue weighted by atomic mass is 9.96. The van der Waals surface area contributed by atoms with Crippen molar-refractivity contribution in [3.63, 3.8) is 0 Å². The minimum atomic E-state index is -0.276. The molecule has 1 aliphatic carbocycles. The van der Waals surface area contributed by atoms with Crippen molar-refractivity contribution in [3.8, 4) is 0 Å². The van der Waals surface area contributed by atoms with Crippen LogP contribution in [0.2, 0.25) is 0 Å². The van der Waals surface area contributed by atoms with E-state index in [9.17, 15) is 9.59 Å². The van der Waals surface area contributed by atoms with Crippen LogP contribution >= 0.6 is 0 Å². The molecule has 0 saturated carbocycles. The smallest absolute Gasteiger partial charge is 0.326 e. The molecule has 7 heteroatoms. The van der Waals surface area contributed by atoms with Gasteiger partial charge in [0.15, 0.2) is 0 Å². The molecule has 1 aromatic carbocycles. The normalized spacial score (nSPS) is 13.8. The molecular formula is C18H20N4O3. The first kappa shape index (κ1) is 15.7. The fraction of sp³-hybridized carbons (Fsp3) is 0.389. The van der Waals surface area contributed by atoms with Crippen molar-refractivity contribution in [3.05, 3.63) is 51.8 Å². The van der Waals surface area contributed by atoms with Crippen LogP contribution in [0.15, 0.2) is 33.6 Å². The number of nitrogens with zero attached hydrogens (tertiary/aromatic N) is 3. The second-order valence-corrected chi connectivity index (χ2v) is 6.52. The number of hydrogen-bond donors (Lipinski definition) is 1. The third-order valence-electron chi connectivity index (χ3n) is 4.82. The number of hydrogen-bond acceptors (Lipinski definition) is 4. The monoisotopic (exact) mass is 340 g/mol. The molecule has 0 atom stereocenters. The van der Waals surface area contributed by atoms with Crippen LogP contribution < -0.4 is 5.69 Å². The average molecular weight is 340 g/mol. The second-order valence-electron chi connectivity index (χ2n) is 6.52. The van der Waals surface area contributed by atoms with Gasteiger partial charge in [-0.2, -0.15) is 0 Å². The summed E-state index contributed by atoms with van der Waals surface area (Å²) in [4.78, 5) is 29.1. The number of fused-ring (bicyclic) bond motifs is 2. The van der Waals surface area contributed by atoms with Gasteiger partial charge in [-0.25, -0.2) is 4.79 Å². The van der Waals surface area contributed by atoms with E-state index >= 15 is 0 Å². The maximum atomic E-state index is 12.6. The van der Waals surface area contributed by atoms with Gasteiger partial charge in [0.2, 0.25) is 5.91 Å². The average Bonchev–Trinajstić information content (AvgIpc) is 3.16. The summed E-state index contributed by atoms with van der Waals surface area (Å²) in [5.41, 5.74) is 3.16. The van der Waals surface area contributed by atoms with Gasteiger partial charge in [-0.1, -0.05) is 17.3 Å². The topological polar surface area (TPSA) is 84.1 Å². The number of imidazole rings is 1. The molecule has 0 radical (unpaired) electrons. The standard InChI is InChI=1S/C18H20N4O3/c1-21(10-14-12-6-2-5-9-16(12)25-20-14)17(23)11-22-15-8-4-3-7-13(15)19-18(22)24/h3-4,7-8H,2,5-6,9-11H2,1H3,(H,19,24). The Bertz CT molecular complexity index is 982. The van der Waals surface area contributed by atoms with Gasteiger partial charge >= 0.3 is 5.69 Å². The largest absolute Gasteiger partial charge is 0.361 e. The van der Waals surface area contributed by atoms with Crippen LogP contribution in [-0.4, -0.2) is 32.6 Å². The van der Waals surface area contributed by atoms with E-state index in [1.165, 1.54) is 4.57 Å². The van der Waals surface area contributed by atoms with Crippen LogP contribution in [0.5, 0.6) is 0 Å². The maximum absolute atomic E-state index is 12.6. The van der Waals surface area contributed by atoms with Crippen molar-refractivity contribution in [1.29, 1.82) is 0 Å². The Morgan fingerprint density at radius 1 is 1.32 bits per heavy atom. The number of aromatic amines is 1. The molecule has 0 saturated heterocycles. The van der Waals surface area contributed by atoms with E-state index in [0.717, 1.165) is 53.7 Å². The Balaban J connectivity index is 1.52. The number of para-hydroxylation sites is 2. The van der Waals surface area contributed by atoms with Crippen molar-refractivity contribution in [2.45, 2.75) is 38.8 Å². The molecule has 1 N–H and O–H groups in total. The summed E-state index contributed by atoms with van der Waals surface area (Å²) < 4.78 is 6.87. The van der Waals surface area contributed by atoms with Crippen molar-refractivity contribution in [2.75, 3.05) is 7.05 Å². The van der Waals surface area contributed by atoms with Gasteiger partial charge in [0.25, 0.3) is 0 Å². The number of aromatic nitrogens is 3. The van der Waals surface area contributed by atoms with E-state index in [1.54, 1.807) is 11.9 Å². The van der Waals surface area contributed by atoms with Gasteiger partial charge in [-0.15, -0.1) is 0 Å². The summed E-state index contributed by atoms with van der Waals surface area (Å²) >= 11 is 0. The molecule has 1 aliphatic rings. The molecule has 1 amide bonds. The molecule has 0 unspecified atom stereocenters. The number of aryl methyl sites for hydroxylation is 1. The number of H-pyrrole nitrogens is 1. The van der Waals surface area contributed by atoms with E-state index in [1.807, 2.05) is 24.3 Å². The molecule has 7 nitrogen and oxygen atoms in total. The molecule has 0 spiro atoms. The fourth-order valence-electron chi connectivity index (χ4n) is 3.41. The van der Waals surface area contributed by atoms with Gasteiger partial charge < -0.3 is 14.4 Å². The lowest BCUT2D eigenvalue weighted by Crippen LogP contribution is -2.33. The van der Waals surface area contributed by atoms with Gasteiger partial charge in [0.05, 0.1) is 17.6 Å². The highest BCUT2D eigenvalue weighted by atomic mass is 16.5. The molecule has 0 aliphatic heterocycles. The van der Waals surface area contributed by atoms with Crippen molar-refractivity contribution in [1.82, 2.24) is 19.6 Å². The zero-order valence-electron chi connectivity index (χ0n) is 14.1. The van der Waals surface area contributed by atoms with Gasteiger partial charge in [-0.3, -0.25) is 9.36 Å². The molecule has 2 aromatic heterocycles. The quantitative estimate of drug-likeness (QED) is 0.786. The Kier molecular flexibility index (Phi) is 3.91. The molecule has 0 bridgehead atoms. The van der Waals surface area contributed by atoms with Crippen LogP contribution in [0.25, 0.3) is 11.0 Å². The number of rotatable bonds is 4. The lowest BCUT2D eigenvalue weighted by molar-refractivity contribution is -0.131. The molecule has 4 rings (SSSR count). The minimum Gasteiger partial charge on any atom is -0.361 e. The molecule has 130 valence electrons. The number of benzene rings is 1. The Morgan fingerprint density at radius 3 is 3.00 bits per heavy atom. The Morgan fingerprint density at radius 2 is 2.12 bits per heavy atom. The SMILES string of the molecule is CN(Cc1noc2c1CCCC2)C(=O)Cn1c(=O)[nH]c2ccccc21. The van der Waals surface area contributed by atoms with E-state index < -0.39 is 0 Å². The van der Waals surface area contributed by atoms with Crippen LogP contribution in [0, 0.1) is 0 Å². The van der Waals surface area contributed by atoms with Crippen LogP contribution in [0.1, 0.15) is 29.9 Å². The minimum absolute atomic E-state index is 0.000607. The maximum Gasteiger partial charge on any atom is 0.326 e. The van der Waals surface area contributed by atoms with E-state index in [-0.39, 0.29) is 18.1 Å². The third-order valence-corrected chi connectivity index (χ3v) is 4.82. The van der Waals surface area contributed by atoms with Gasteiger partial charge in [0.1, 0.15) is 18.0 Å². The summed E-state index contributed by atoms with van der Waals surface area (Å²) in [5, 5.41) is 4.14. The number of carbonyl (C=O) groups excluding carboxylic acids is 1. The zero-order chi connectivity index (χ0) is 17.4. The summed E-state index contributed by atoms with van der Waals surface area (Å²) in [6, 6.07) is 7.35. The van der Waals surface area contributed by atoms with Gasteiger partial charge in [0, 0.05) is 19.0 Å². The summed E-state index contributed by atoms with van der Waals surface area (Å²) in [6.45, 7) is 0.397. The highest BCUT2D eigenvalue weighted by molar-refractivity contribution is 5.80. The Hall–Kier alpha value is -2.83. The molecular weight excluding hydrogens is 320 g/mol. The first-order valence-electron chi connectivity index (χ1n) is 8.51. The Labute approximate surface area is 144 Å². The zero-order valence-corrected chi connectivity index (χ0v) is 14.1. The second kappa shape index (κ2) is 6.23. The number of carbonyl (C=O) groups is 1. The third kappa shape index (κ3) is 2.86. The van der Waals surface area contributed by atoms with Gasteiger partial charge in [-0.05, 0) is 31.4 Å². The highest BCUT2D eigenvalue weighted by Gasteiger charge is 2.22. The van der Waals surface area contributed by atoms with E-state index in [4.69, 9.17) is 4.52 Å². The van der Waals surface area contributed by atoms with Crippen molar-refractivity contribution < 1.29 is 9.32 Å². The van der Waals surface area contributed by atoms with Crippen LogP contribution in [0.3, 0.4) is 0 Å². The number of nitrogens with one attached hydrogen (secondary N) is 1. The van der Waals surface area contributed by atoms with E-state index in [2.05, 4.69) is 10.1 Å². The number of likely N-dealkylation sites (N-methyl/N-ethyl adjacent to an activating group) is 1. The predicted octanol–water partition coefficient (Wildman–Crippen LogP) is 1.85. The number of amides is 1.